The Balaban J connectivity index is 5.11. The number of carbonyl (C=O) groups excluding carboxylic acids is 3. The Labute approximate surface area is 176 Å². The largest absolute Gasteiger partial charge is 0.480 e. The van der Waals surface area contributed by atoms with Gasteiger partial charge in [-0.1, -0.05) is 20.3 Å². The van der Waals surface area contributed by atoms with E-state index in [1.807, 2.05) is 13.8 Å². The highest BCUT2D eigenvalue weighted by molar-refractivity contribution is 5.93. The predicted octanol–water partition coefficient (Wildman–Crippen LogP) is -2.01. The molecule has 10 N–H and O–H groups in total. The molecule has 0 rings (SSSR count). The van der Waals surface area contributed by atoms with Crippen molar-refractivity contribution in [2.24, 2.45) is 28.1 Å². The number of nitrogens with two attached hydrogens (primary N) is 3. The summed E-state index contributed by atoms with van der Waals surface area (Å²) in [7, 11) is 0. The fourth-order valence-electron chi connectivity index (χ4n) is 2.33. The van der Waals surface area contributed by atoms with Crippen LogP contribution >= 0.6 is 0 Å². The Morgan fingerprint density at radius 3 is 2.00 bits per heavy atom. The normalized spacial score (nSPS) is 15.6. The zero-order valence-electron chi connectivity index (χ0n) is 18.0. The van der Waals surface area contributed by atoms with E-state index in [1.54, 1.807) is 0 Å². The molecule has 12 nitrogen and oxygen atoms in total. The lowest BCUT2D eigenvalue weighted by atomic mass is 9.98. The number of hydrogen-bond acceptors (Lipinski definition) is 6. The van der Waals surface area contributed by atoms with Crippen molar-refractivity contribution in [1.82, 2.24) is 16.0 Å². The molecular weight excluding hydrogens is 394 g/mol. The summed E-state index contributed by atoms with van der Waals surface area (Å²) >= 11 is 0. The Bertz CT molecular complexity index is 636. The quantitative estimate of drug-likeness (QED) is 0.0983. The first-order chi connectivity index (χ1) is 13.9. The van der Waals surface area contributed by atoms with E-state index in [1.165, 1.54) is 13.8 Å². The number of rotatable bonds is 13. The van der Waals surface area contributed by atoms with Crippen molar-refractivity contribution in [2.45, 2.75) is 71.1 Å². The predicted molar refractivity (Wildman–Crippen MR) is 112 cm³/mol. The summed E-state index contributed by atoms with van der Waals surface area (Å²) in [5.41, 5.74) is 16.5. The maximum atomic E-state index is 12.7. The molecule has 0 unspecified atom stereocenters. The molecule has 0 aliphatic carbocycles. The van der Waals surface area contributed by atoms with Crippen molar-refractivity contribution >= 4 is 29.7 Å². The summed E-state index contributed by atoms with van der Waals surface area (Å²) in [4.78, 5) is 51.8. The molecule has 0 aromatic rings. The summed E-state index contributed by atoms with van der Waals surface area (Å²) in [5.74, 6) is -3.13. The van der Waals surface area contributed by atoms with Crippen LogP contribution in [0.3, 0.4) is 0 Å². The maximum Gasteiger partial charge on any atom is 0.325 e. The third-order valence-corrected chi connectivity index (χ3v) is 4.62. The van der Waals surface area contributed by atoms with Gasteiger partial charge >= 0.3 is 5.97 Å². The van der Waals surface area contributed by atoms with Crippen LogP contribution in [0.25, 0.3) is 0 Å². The van der Waals surface area contributed by atoms with Gasteiger partial charge in [0.05, 0.1) is 6.04 Å². The van der Waals surface area contributed by atoms with Crippen LogP contribution in [0.4, 0.5) is 0 Å². The lowest BCUT2D eigenvalue weighted by molar-refractivity contribution is -0.141. The number of guanidine groups is 1. The van der Waals surface area contributed by atoms with Gasteiger partial charge in [0.1, 0.15) is 18.1 Å². The Morgan fingerprint density at radius 2 is 1.50 bits per heavy atom. The van der Waals surface area contributed by atoms with Crippen LogP contribution in [0.2, 0.25) is 0 Å². The lowest BCUT2D eigenvalue weighted by Crippen LogP contribution is -2.56. The van der Waals surface area contributed by atoms with Crippen LogP contribution in [0.15, 0.2) is 4.99 Å². The van der Waals surface area contributed by atoms with Crippen molar-refractivity contribution in [2.75, 3.05) is 6.54 Å². The number of amides is 3. The van der Waals surface area contributed by atoms with Gasteiger partial charge in [-0.05, 0) is 32.6 Å². The maximum absolute atomic E-state index is 12.7. The first kappa shape index (κ1) is 27.1. The Morgan fingerprint density at radius 1 is 0.933 bits per heavy atom. The summed E-state index contributed by atoms with van der Waals surface area (Å²) in [6, 6.07) is -3.88. The third-order valence-electron chi connectivity index (χ3n) is 4.62. The van der Waals surface area contributed by atoms with E-state index in [2.05, 4.69) is 20.9 Å². The minimum absolute atomic E-state index is 0.0856. The van der Waals surface area contributed by atoms with Crippen molar-refractivity contribution < 1.29 is 24.3 Å². The third kappa shape index (κ3) is 10.0. The average molecular weight is 430 g/mol. The van der Waals surface area contributed by atoms with Gasteiger partial charge in [0.2, 0.25) is 17.7 Å². The van der Waals surface area contributed by atoms with Crippen molar-refractivity contribution in [1.29, 1.82) is 0 Å². The van der Waals surface area contributed by atoms with E-state index in [0.717, 1.165) is 0 Å². The molecule has 0 aromatic carbocycles. The van der Waals surface area contributed by atoms with Crippen LogP contribution in [0, 0.1) is 5.92 Å². The van der Waals surface area contributed by atoms with Crippen LogP contribution < -0.4 is 33.2 Å². The highest BCUT2D eigenvalue weighted by Gasteiger charge is 2.28. The number of carboxylic acids is 1. The monoisotopic (exact) mass is 429 g/mol. The molecule has 0 aliphatic rings. The smallest absolute Gasteiger partial charge is 0.325 e. The van der Waals surface area contributed by atoms with Crippen LogP contribution in [0.1, 0.15) is 47.0 Å². The van der Waals surface area contributed by atoms with E-state index in [0.29, 0.717) is 12.8 Å². The van der Waals surface area contributed by atoms with Crippen LogP contribution in [-0.2, 0) is 19.2 Å². The average Bonchev–Trinajstić information content (AvgIpc) is 2.67. The van der Waals surface area contributed by atoms with E-state index in [-0.39, 0.29) is 24.8 Å². The minimum atomic E-state index is -1.20. The highest BCUT2D eigenvalue weighted by atomic mass is 16.4. The summed E-state index contributed by atoms with van der Waals surface area (Å²) < 4.78 is 0. The van der Waals surface area contributed by atoms with Crippen LogP contribution in [-0.4, -0.2) is 65.5 Å². The molecule has 0 saturated carbocycles. The molecule has 30 heavy (non-hydrogen) atoms. The first-order valence-corrected chi connectivity index (χ1v) is 9.85. The number of carbonyl (C=O) groups is 4. The summed E-state index contributed by atoms with van der Waals surface area (Å²) in [6.45, 7) is 6.69. The molecular formula is C18H35N7O5. The van der Waals surface area contributed by atoms with E-state index < -0.39 is 47.9 Å². The van der Waals surface area contributed by atoms with E-state index in [9.17, 15) is 19.2 Å². The number of aliphatic carboxylic acids is 1. The molecule has 0 fully saturated rings. The van der Waals surface area contributed by atoms with Gasteiger partial charge in [-0.25, -0.2) is 0 Å². The molecule has 3 amide bonds. The fraction of sp³-hybridized carbons (Fsp3) is 0.722. The highest BCUT2D eigenvalue weighted by Crippen LogP contribution is 2.07. The van der Waals surface area contributed by atoms with Crippen LogP contribution in [0.5, 0.6) is 0 Å². The van der Waals surface area contributed by atoms with Gasteiger partial charge in [-0.15, -0.1) is 0 Å². The van der Waals surface area contributed by atoms with Gasteiger partial charge in [0.15, 0.2) is 5.96 Å². The zero-order chi connectivity index (χ0) is 23.4. The van der Waals surface area contributed by atoms with Gasteiger partial charge in [-0.2, -0.15) is 0 Å². The van der Waals surface area contributed by atoms with Gasteiger partial charge in [-0.3, -0.25) is 24.2 Å². The number of hydrogen-bond donors (Lipinski definition) is 7. The standard InChI is InChI=1S/C18H35N7O5/c1-5-9(2)13(19)16(28)25-12(7-6-8-22-18(20)21)15(27)23-10(3)14(26)24-11(4)17(29)30/h9-13H,5-8,19H2,1-4H3,(H,23,27)(H,24,26)(H,25,28)(H,29,30)(H4,20,21,22)/t9-,10-,11-,12-,13-/m0/s1. The van der Waals surface area contributed by atoms with E-state index in [4.69, 9.17) is 22.3 Å². The second-order valence-corrected chi connectivity index (χ2v) is 7.22. The Kier molecular flexibility index (Phi) is 12.1. The molecule has 0 spiro atoms. The SMILES string of the molecule is CC[C@H](C)[C@H](N)C(=O)N[C@@H](CCCN=C(N)N)C(=O)N[C@@H](C)C(=O)N[C@@H](C)C(=O)O. The number of nitrogens with zero attached hydrogens (tertiary/aromatic N) is 1. The Hall–Kier alpha value is -2.89. The minimum Gasteiger partial charge on any atom is -0.480 e. The molecule has 0 heterocycles. The molecule has 0 aliphatic heterocycles. The fourth-order valence-corrected chi connectivity index (χ4v) is 2.33. The zero-order valence-corrected chi connectivity index (χ0v) is 18.0. The molecule has 172 valence electrons. The molecule has 12 heteroatoms. The number of carboxylic acid groups (broad SMARTS) is 1. The van der Waals surface area contributed by atoms with Crippen molar-refractivity contribution in [3.63, 3.8) is 0 Å². The molecule has 0 bridgehead atoms. The topological polar surface area (TPSA) is 215 Å². The van der Waals surface area contributed by atoms with Gasteiger partial charge < -0.3 is 38.3 Å². The van der Waals surface area contributed by atoms with Gasteiger partial charge in [0.25, 0.3) is 0 Å². The molecule has 0 radical (unpaired) electrons. The summed E-state index contributed by atoms with van der Waals surface area (Å²) in [5, 5.41) is 16.2. The lowest BCUT2D eigenvalue weighted by Gasteiger charge is -2.24. The molecule has 0 saturated heterocycles. The van der Waals surface area contributed by atoms with E-state index >= 15 is 0 Å². The second kappa shape index (κ2) is 13.4. The van der Waals surface area contributed by atoms with Gasteiger partial charge in [0, 0.05) is 6.54 Å². The van der Waals surface area contributed by atoms with Crippen molar-refractivity contribution in [3.8, 4) is 0 Å². The molecule has 0 aromatic heterocycles. The summed E-state index contributed by atoms with van der Waals surface area (Å²) in [6.07, 6.45) is 1.29. The van der Waals surface area contributed by atoms with Crippen molar-refractivity contribution in [3.05, 3.63) is 0 Å². The number of aliphatic imine (C=N–C) groups is 1. The first-order valence-electron chi connectivity index (χ1n) is 9.85. The molecule has 5 atom stereocenters. The second-order valence-electron chi connectivity index (χ2n) is 7.22. The number of nitrogens with one attached hydrogen (secondary N) is 3.